The molecular weight excluding hydrogens is 232 g/mol. The van der Waals surface area contributed by atoms with Crippen molar-refractivity contribution in [1.29, 1.82) is 5.41 Å². The number of hydrogen-bond acceptors (Lipinski definition) is 3. The van der Waals surface area contributed by atoms with Crippen LogP contribution >= 0.6 is 0 Å². The van der Waals surface area contributed by atoms with Gasteiger partial charge in [0.05, 0.1) is 12.6 Å². The smallest absolute Gasteiger partial charge is 0.276 e. The van der Waals surface area contributed by atoms with Crippen LogP contribution in [0.2, 0.25) is 0 Å². The first kappa shape index (κ1) is 12.0. The summed E-state index contributed by atoms with van der Waals surface area (Å²) in [6, 6.07) is 7.23. The zero-order valence-electron chi connectivity index (χ0n) is 10.2. The summed E-state index contributed by atoms with van der Waals surface area (Å²) in [6.45, 7) is 0. The fourth-order valence-corrected chi connectivity index (χ4v) is 1.70. The van der Waals surface area contributed by atoms with Crippen LogP contribution in [0.25, 0.3) is 10.9 Å². The summed E-state index contributed by atoms with van der Waals surface area (Å²) in [5.74, 6) is 0.00315. The Bertz CT molecular complexity index is 618. The van der Waals surface area contributed by atoms with Crippen LogP contribution in [-0.2, 0) is 0 Å². The Balaban J connectivity index is 2.48. The van der Waals surface area contributed by atoms with Crippen molar-refractivity contribution >= 4 is 22.8 Å². The van der Waals surface area contributed by atoms with Crippen molar-refractivity contribution in [3.05, 3.63) is 30.0 Å². The molecule has 0 aliphatic rings. The number of rotatable bonds is 2. The number of nitrogens with one attached hydrogen (secondary N) is 2. The molecular formula is C12H14N4O2. The second-order valence-electron chi connectivity index (χ2n) is 3.86. The van der Waals surface area contributed by atoms with E-state index in [4.69, 9.17) is 15.9 Å². The zero-order valence-corrected chi connectivity index (χ0v) is 10.2. The molecule has 0 aliphatic carbocycles. The minimum Gasteiger partial charge on any atom is -0.495 e. The fraction of sp³-hybridized carbons (Fsp3) is 0.167. The second-order valence-corrected chi connectivity index (χ2v) is 3.86. The Morgan fingerprint density at radius 2 is 2.22 bits per heavy atom. The number of carbonyl (C=O) groups excluding carboxylic acids is 1. The lowest BCUT2D eigenvalue weighted by Crippen LogP contribution is -2.38. The number of H-pyrrole nitrogens is 1. The van der Waals surface area contributed by atoms with Crippen molar-refractivity contribution in [3.8, 4) is 5.75 Å². The van der Waals surface area contributed by atoms with Crippen molar-refractivity contribution in [2.75, 3.05) is 14.2 Å². The number of nitrogens with zero attached hydrogens (tertiary/aromatic N) is 1. The fourth-order valence-electron chi connectivity index (χ4n) is 1.70. The van der Waals surface area contributed by atoms with E-state index in [1.165, 1.54) is 7.05 Å². The molecule has 0 bridgehead atoms. The molecule has 2 rings (SSSR count). The lowest BCUT2D eigenvalue weighted by molar-refractivity contribution is 0.0864. The second kappa shape index (κ2) is 4.40. The predicted octanol–water partition coefficient (Wildman–Crippen LogP) is 1.14. The molecule has 18 heavy (non-hydrogen) atoms. The average molecular weight is 246 g/mol. The van der Waals surface area contributed by atoms with Crippen LogP contribution < -0.4 is 10.5 Å². The van der Waals surface area contributed by atoms with E-state index in [0.717, 1.165) is 15.8 Å². The summed E-state index contributed by atoms with van der Waals surface area (Å²) >= 11 is 0. The quantitative estimate of drug-likeness (QED) is 0.547. The van der Waals surface area contributed by atoms with Crippen molar-refractivity contribution in [2.24, 2.45) is 5.73 Å². The van der Waals surface area contributed by atoms with Gasteiger partial charge in [0, 0.05) is 12.4 Å². The maximum Gasteiger partial charge on any atom is 0.276 e. The molecule has 0 spiro atoms. The van der Waals surface area contributed by atoms with Gasteiger partial charge in [-0.15, -0.1) is 0 Å². The topological polar surface area (TPSA) is 95.2 Å². The number of hydrogen-bond donors (Lipinski definition) is 3. The molecule has 1 aromatic carbocycles. The maximum atomic E-state index is 12.0. The average Bonchev–Trinajstić information content (AvgIpc) is 2.80. The highest BCUT2D eigenvalue weighted by molar-refractivity contribution is 6.06. The van der Waals surface area contributed by atoms with E-state index in [-0.39, 0.29) is 11.9 Å². The van der Waals surface area contributed by atoms with E-state index in [0.29, 0.717) is 11.4 Å². The van der Waals surface area contributed by atoms with Gasteiger partial charge in [-0.2, -0.15) is 0 Å². The number of fused-ring (bicyclic) bond motifs is 1. The molecule has 2 aromatic rings. The van der Waals surface area contributed by atoms with Gasteiger partial charge in [0.2, 0.25) is 0 Å². The third kappa shape index (κ3) is 1.88. The summed E-state index contributed by atoms with van der Waals surface area (Å²) < 4.78 is 5.21. The van der Waals surface area contributed by atoms with Gasteiger partial charge in [0.1, 0.15) is 11.4 Å². The monoisotopic (exact) mass is 246 g/mol. The highest BCUT2D eigenvalue weighted by Gasteiger charge is 2.17. The SMILES string of the molecule is COc1cccc2cc(C(=O)N(C)C(=N)N)[nH]c12. The Kier molecular flexibility index (Phi) is 2.93. The molecule has 4 N–H and O–H groups in total. The van der Waals surface area contributed by atoms with Gasteiger partial charge >= 0.3 is 0 Å². The summed E-state index contributed by atoms with van der Waals surface area (Å²) in [5.41, 5.74) is 6.39. The van der Waals surface area contributed by atoms with Crippen LogP contribution in [0.15, 0.2) is 24.3 Å². The van der Waals surface area contributed by atoms with Gasteiger partial charge in [-0.1, -0.05) is 12.1 Å². The van der Waals surface area contributed by atoms with Crippen LogP contribution in [0.5, 0.6) is 5.75 Å². The molecule has 0 saturated heterocycles. The number of aromatic amines is 1. The molecule has 1 heterocycles. The van der Waals surface area contributed by atoms with E-state index in [2.05, 4.69) is 4.98 Å². The third-order valence-corrected chi connectivity index (χ3v) is 2.73. The normalized spacial score (nSPS) is 10.3. The Hall–Kier alpha value is -2.50. The minimum absolute atomic E-state index is 0.300. The molecule has 6 nitrogen and oxygen atoms in total. The Morgan fingerprint density at radius 1 is 1.50 bits per heavy atom. The van der Waals surface area contributed by atoms with Crippen LogP contribution in [-0.4, -0.2) is 35.9 Å². The number of aromatic nitrogens is 1. The summed E-state index contributed by atoms with van der Waals surface area (Å²) in [6.07, 6.45) is 0. The van der Waals surface area contributed by atoms with Gasteiger partial charge < -0.3 is 15.5 Å². The standard InChI is InChI=1S/C12H14N4O2/c1-16(12(13)14)11(17)8-6-7-4-3-5-9(18-2)10(7)15-8/h3-6,15H,1-2H3,(H3,13,14). The molecule has 0 aliphatic heterocycles. The molecule has 1 amide bonds. The maximum absolute atomic E-state index is 12.0. The van der Waals surface area contributed by atoms with Crippen molar-refractivity contribution < 1.29 is 9.53 Å². The number of methoxy groups -OCH3 is 1. The largest absolute Gasteiger partial charge is 0.495 e. The Morgan fingerprint density at radius 3 is 2.83 bits per heavy atom. The van der Waals surface area contributed by atoms with E-state index < -0.39 is 0 Å². The number of para-hydroxylation sites is 1. The van der Waals surface area contributed by atoms with Gasteiger partial charge in [0.15, 0.2) is 5.96 Å². The molecule has 6 heteroatoms. The van der Waals surface area contributed by atoms with E-state index in [9.17, 15) is 4.79 Å². The summed E-state index contributed by atoms with van der Waals surface area (Å²) in [5, 5.41) is 8.11. The Labute approximate surface area is 104 Å². The number of amides is 1. The van der Waals surface area contributed by atoms with Gasteiger partial charge in [-0.25, -0.2) is 0 Å². The molecule has 0 unspecified atom stereocenters. The van der Waals surface area contributed by atoms with E-state index in [1.54, 1.807) is 13.2 Å². The molecule has 1 aromatic heterocycles. The first-order valence-electron chi connectivity index (χ1n) is 5.32. The van der Waals surface area contributed by atoms with Gasteiger partial charge in [-0.05, 0) is 12.1 Å². The summed E-state index contributed by atoms with van der Waals surface area (Å²) in [7, 11) is 3.02. The van der Waals surface area contributed by atoms with E-state index in [1.807, 2.05) is 18.2 Å². The third-order valence-electron chi connectivity index (χ3n) is 2.73. The molecule has 0 radical (unpaired) electrons. The summed E-state index contributed by atoms with van der Waals surface area (Å²) in [4.78, 5) is 16.0. The van der Waals surface area contributed by atoms with Crippen molar-refractivity contribution in [1.82, 2.24) is 9.88 Å². The van der Waals surface area contributed by atoms with Crippen LogP contribution in [0.3, 0.4) is 0 Å². The van der Waals surface area contributed by atoms with Crippen molar-refractivity contribution in [2.45, 2.75) is 0 Å². The number of nitrogens with two attached hydrogens (primary N) is 1. The number of guanidine groups is 1. The lowest BCUT2D eigenvalue weighted by atomic mass is 10.2. The first-order chi connectivity index (χ1) is 8.54. The number of carbonyl (C=O) groups is 1. The molecule has 94 valence electrons. The van der Waals surface area contributed by atoms with Crippen LogP contribution in [0.1, 0.15) is 10.5 Å². The number of benzene rings is 1. The van der Waals surface area contributed by atoms with Crippen molar-refractivity contribution in [3.63, 3.8) is 0 Å². The van der Waals surface area contributed by atoms with Crippen LogP contribution in [0.4, 0.5) is 0 Å². The predicted molar refractivity (Wildman–Crippen MR) is 68.9 cm³/mol. The van der Waals surface area contributed by atoms with Gasteiger partial charge in [0.25, 0.3) is 5.91 Å². The highest BCUT2D eigenvalue weighted by Crippen LogP contribution is 2.25. The van der Waals surface area contributed by atoms with E-state index >= 15 is 0 Å². The minimum atomic E-state index is -0.360. The zero-order chi connectivity index (χ0) is 13.3. The first-order valence-corrected chi connectivity index (χ1v) is 5.32. The van der Waals surface area contributed by atoms with Gasteiger partial charge in [-0.3, -0.25) is 15.1 Å². The molecule has 0 atom stereocenters. The van der Waals surface area contributed by atoms with Crippen LogP contribution in [0, 0.1) is 5.41 Å². The highest BCUT2D eigenvalue weighted by atomic mass is 16.5. The number of ether oxygens (including phenoxy) is 1. The molecule has 0 fully saturated rings. The lowest BCUT2D eigenvalue weighted by Gasteiger charge is -2.12. The molecule has 0 saturated carbocycles.